The minimum absolute atomic E-state index is 0. The summed E-state index contributed by atoms with van der Waals surface area (Å²) in [6.45, 7) is -4.57. The number of phenols is 1. The first kappa shape index (κ1) is 76.0. The van der Waals surface area contributed by atoms with Gasteiger partial charge < -0.3 is 51.0 Å². The second-order valence-corrected chi connectivity index (χ2v) is 26.9. The zero-order valence-electron chi connectivity index (χ0n) is 43.2. The molecule has 0 radical (unpaired) electrons. The molecule has 1 amide bonds. The fourth-order valence-electron chi connectivity index (χ4n) is 9.81. The number of hydrogen-bond acceptors (Lipinski definition) is 36. The van der Waals surface area contributed by atoms with Gasteiger partial charge in [0.25, 0.3) is 5.91 Å². The maximum Gasteiger partial charge on any atom is 0.397 e. The molecule has 506 valence electrons. The Morgan fingerprint density at radius 1 is 0.648 bits per heavy atom. The number of amides is 1. The van der Waals surface area contributed by atoms with Crippen LogP contribution in [0.1, 0.15) is 24.0 Å². The predicted molar refractivity (Wildman–Crippen MR) is 266 cm³/mol. The number of fused-ring (bicyclic) bond motifs is 3. The molecule has 1 saturated carbocycles. The molecule has 0 aromatic heterocycles. The lowest BCUT2D eigenvalue weighted by Gasteiger charge is -2.53. The van der Waals surface area contributed by atoms with Crippen LogP contribution in [0, 0.1) is 11.8 Å². The quantitative estimate of drug-likeness (QED) is 0.0357. The van der Waals surface area contributed by atoms with Gasteiger partial charge in [0.1, 0.15) is 60.0 Å². The van der Waals surface area contributed by atoms with E-state index >= 15 is 0 Å². The van der Waals surface area contributed by atoms with Gasteiger partial charge in [-0.05, 0) is 31.6 Å². The lowest BCUT2D eigenvalue weighted by Crippen LogP contribution is -2.70. The SMILES string of the molecule is C[C@H]1c2cccc(O)c2C(O)=C2C(=O)[C@]3(O)C(O)=C(C(N)=O)C(=O)[C@@H](N(C)C)[C@@H]3[C@@H](O)[C@@H]21.O.O=S(=O)(O)OC[C@H]1O[C@@](COS(=O)(=O)O)(O[C@H]2O[C@H](COS(=O)(=O)O)[C@@H](OS(=O)(=O)O)[C@H](OS(=O)(=O)O)[C@H]2OS(=O)(=O)O)[C@@H](OS(=O)(=O)O)[C@@H]1OS(=O)(=O)O. The lowest BCUT2D eigenvalue weighted by atomic mass is 9.54. The van der Waals surface area contributed by atoms with Gasteiger partial charge in [-0.1, -0.05) is 19.1 Å². The van der Waals surface area contributed by atoms with Crippen LogP contribution in [-0.4, -0.2) is 264 Å². The molecule has 0 spiro atoms. The summed E-state index contributed by atoms with van der Waals surface area (Å²) in [7, 11) is -45.3. The van der Waals surface area contributed by atoms with Crippen molar-refractivity contribution >= 4 is 106 Å². The van der Waals surface area contributed by atoms with Crippen LogP contribution in [0.4, 0.5) is 0 Å². The first-order valence-corrected chi connectivity index (χ1v) is 33.3. The number of benzene rings is 1. The number of aromatic hydroxyl groups is 1. The van der Waals surface area contributed by atoms with Crippen molar-refractivity contribution in [3.63, 3.8) is 0 Å². The Balaban J connectivity index is 0.000000423. The molecule has 54 heteroatoms. The Morgan fingerprint density at radius 2 is 1.10 bits per heavy atom. The number of ether oxygens (including phenoxy) is 3. The van der Waals surface area contributed by atoms with E-state index in [9.17, 15) is 135 Å². The van der Waals surface area contributed by atoms with Crippen LogP contribution in [0.15, 0.2) is 35.1 Å². The summed E-state index contributed by atoms with van der Waals surface area (Å²) in [5, 5.41) is 54.9. The Bertz CT molecular complexity index is 3910. The van der Waals surface area contributed by atoms with Crippen molar-refractivity contribution in [2.75, 3.05) is 33.9 Å². The van der Waals surface area contributed by atoms with Gasteiger partial charge in [0, 0.05) is 11.5 Å². The number of carbonyl (C=O) groups excluding carboxylic acids is 3. The highest BCUT2D eigenvalue weighted by atomic mass is 32.3. The molecule has 2 aliphatic heterocycles. The standard InChI is InChI=1S/C22H24N2O8.C12H22O35S8.H2O/c1-7-8-5-4-6-9(25)11(8)16(26)12-10(7)17(27)14-15(24(2)3)18(28)13(21(23)31)20(30)22(14,32)19(12)29;13-48(14,15)37-1-4-6(43-51(22,23)24)8(45-53(28,29)30)9(46-54(31,32)33)11(40-4)42-12(3-39-50(19,20)21)10(47-55(34,35)36)7(44-52(25,26)27)5(41-12)2-38-49(16,17)18;/h4-7,10,14-15,17,25-27,30,32H,1-3H3,(H2,23,31);4-11H,1-3H2,(H,13,14,15)(H,16,17,18)(H,19,20,21)(H,22,23,24)(H,25,26,27)(H,28,29,30)(H,31,32,33)(H,34,35,36);1H2/t7-,10+,14+,15-,17-,22-;4-,5-,6-,7-,8+,9-,10+,11-,12+;/m01./s1. The largest absolute Gasteiger partial charge is 0.508 e. The van der Waals surface area contributed by atoms with E-state index in [2.05, 4.69) is 33.5 Å². The molecule has 6 rings (SSSR count). The minimum atomic E-state index is -6.24. The summed E-state index contributed by atoms with van der Waals surface area (Å²) >= 11 is 0. The minimum Gasteiger partial charge on any atom is -0.508 e. The molecule has 2 heterocycles. The van der Waals surface area contributed by atoms with Gasteiger partial charge in [-0.15, -0.1) is 0 Å². The maximum absolute atomic E-state index is 13.7. The third kappa shape index (κ3) is 18.0. The van der Waals surface area contributed by atoms with Gasteiger partial charge in [0.15, 0.2) is 29.9 Å². The maximum atomic E-state index is 13.7. The summed E-state index contributed by atoms with van der Waals surface area (Å²) in [4.78, 5) is 40.0. The molecule has 5 aliphatic rings. The highest BCUT2D eigenvalue weighted by Crippen LogP contribution is 2.56. The van der Waals surface area contributed by atoms with Crippen LogP contribution in [-0.2, 0) is 145 Å². The molecule has 88 heavy (non-hydrogen) atoms. The lowest BCUT2D eigenvalue weighted by molar-refractivity contribution is -0.374. The molecule has 46 nitrogen and oxygen atoms in total. The van der Waals surface area contributed by atoms with Gasteiger partial charge in [-0.2, -0.15) is 67.3 Å². The fraction of sp³-hybridized carbons (Fsp3) is 0.618. The van der Waals surface area contributed by atoms with E-state index in [1.165, 1.54) is 25.1 Å². The number of aliphatic hydroxyl groups excluding tert-OH is 3. The van der Waals surface area contributed by atoms with Crippen LogP contribution in [0.25, 0.3) is 5.76 Å². The van der Waals surface area contributed by atoms with E-state index < -0.39 is 233 Å². The number of phenolic OH excluding ortho intramolecular Hbond substituents is 1. The van der Waals surface area contributed by atoms with Crippen molar-refractivity contribution in [2.24, 2.45) is 17.6 Å². The van der Waals surface area contributed by atoms with Gasteiger partial charge >= 0.3 is 83.2 Å². The molecule has 0 unspecified atom stereocenters. The molecule has 17 N–H and O–H groups in total. The number of rotatable bonds is 23. The summed E-state index contributed by atoms with van der Waals surface area (Å²) in [6, 6.07) is 3.13. The van der Waals surface area contributed by atoms with Crippen molar-refractivity contribution in [1.29, 1.82) is 0 Å². The zero-order chi connectivity index (χ0) is 66.9. The fourth-order valence-corrected chi connectivity index (χ4v) is 13.3. The second-order valence-electron chi connectivity index (χ2n) is 18.4. The van der Waals surface area contributed by atoms with Gasteiger partial charge in [0.05, 0.1) is 36.8 Å². The van der Waals surface area contributed by atoms with Crippen molar-refractivity contribution in [2.45, 2.75) is 85.4 Å². The topological polar surface area (TPSA) is 750 Å². The number of nitrogens with two attached hydrogens (primary N) is 1. The van der Waals surface area contributed by atoms with Crippen molar-refractivity contribution in [3.05, 3.63) is 46.2 Å². The average molecular weight is 1450 g/mol. The van der Waals surface area contributed by atoms with Crippen molar-refractivity contribution in [1.82, 2.24) is 4.90 Å². The van der Waals surface area contributed by atoms with Gasteiger partial charge in [-0.25, -0.2) is 33.5 Å². The molecule has 3 fully saturated rings. The number of Topliss-reactive ketones (excluding diaryl/α,β-unsaturated/α-hetero) is 2. The molecular formula is C34H48N2O44S8. The van der Waals surface area contributed by atoms with Crippen LogP contribution >= 0.6 is 0 Å². The number of likely N-dealkylation sites (N-methyl/N-ethyl adjacent to an activating group) is 1. The average Bonchev–Trinajstić information content (AvgIpc) is 0.836. The van der Waals surface area contributed by atoms with Crippen LogP contribution in [0.2, 0.25) is 0 Å². The number of nitrogens with zero attached hydrogens (tertiary/aromatic N) is 1. The molecule has 1 aromatic carbocycles. The first-order chi connectivity index (χ1) is 39.0. The number of primary amides is 1. The molecule has 0 bridgehead atoms. The van der Waals surface area contributed by atoms with Crippen LogP contribution < -0.4 is 5.73 Å². The summed E-state index contributed by atoms with van der Waals surface area (Å²) in [6.07, 6.45) is -27.6. The van der Waals surface area contributed by atoms with E-state index in [1.54, 1.807) is 19.1 Å². The third-order valence-electron chi connectivity index (χ3n) is 12.7. The first-order valence-electron chi connectivity index (χ1n) is 22.3. The highest BCUT2D eigenvalue weighted by Gasteiger charge is 2.69. The zero-order valence-corrected chi connectivity index (χ0v) is 49.7. The van der Waals surface area contributed by atoms with Crippen molar-refractivity contribution in [3.8, 4) is 5.75 Å². The summed E-state index contributed by atoms with van der Waals surface area (Å²) < 4.78 is 307. The molecule has 2 saturated heterocycles. The third-order valence-corrected chi connectivity index (χ3v) is 16.3. The highest BCUT2D eigenvalue weighted by molar-refractivity contribution is 7.82. The van der Waals surface area contributed by atoms with Crippen LogP contribution in [0.3, 0.4) is 0 Å². The molecule has 3 aliphatic carbocycles. The van der Waals surface area contributed by atoms with Crippen LogP contribution in [0.5, 0.6) is 5.75 Å². The van der Waals surface area contributed by atoms with E-state index in [0.29, 0.717) is 5.56 Å². The van der Waals surface area contributed by atoms with E-state index in [0.717, 1.165) is 0 Å². The Morgan fingerprint density at radius 3 is 1.56 bits per heavy atom. The molecule has 15 atom stereocenters. The second kappa shape index (κ2) is 26.3. The number of ketones is 2. The van der Waals surface area contributed by atoms with Crippen molar-refractivity contribution < 1.29 is 197 Å². The number of carbonyl (C=O) groups is 3. The normalized spacial score (nSPS) is 31.7. The van der Waals surface area contributed by atoms with Gasteiger partial charge in [-0.3, -0.25) is 55.7 Å². The Labute approximate surface area is 494 Å². The Kier molecular flexibility index (Phi) is 22.7. The van der Waals surface area contributed by atoms with E-state index in [-0.39, 0.29) is 16.8 Å². The Hall–Kier alpha value is -4.41. The van der Waals surface area contributed by atoms with E-state index in [4.69, 9.17) is 29.0 Å². The predicted octanol–water partition coefficient (Wildman–Crippen LogP) is -8.11. The number of hydrogen-bond donors (Lipinski definition) is 14. The van der Waals surface area contributed by atoms with Gasteiger partial charge in [0.2, 0.25) is 11.6 Å². The summed E-state index contributed by atoms with van der Waals surface area (Å²) in [5.41, 5.74) is 1.47. The molecular weight excluding hydrogens is 1400 g/mol. The number of aliphatic hydroxyl groups is 4. The van der Waals surface area contributed by atoms with E-state index in [1.807, 2.05) is 0 Å². The smallest absolute Gasteiger partial charge is 0.397 e. The summed E-state index contributed by atoms with van der Waals surface area (Å²) in [5.74, 6) is -13.0. The molecule has 1 aromatic rings. The monoisotopic (exact) mass is 1440 g/mol.